The van der Waals surface area contributed by atoms with Gasteiger partial charge in [-0.1, -0.05) is 109 Å². The Morgan fingerprint density at radius 2 is 1.24 bits per heavy atom. The fourth-order valence-corrected chi connectivity index (χ4v) is 3.72. The first kappa shape index (κ1) is 20.5. The molecule has 3 aromatic rings. The van der Waals surface area contributed by atoms with Gasteiger partial charge in [0, 0.05) is 10.8 Å². The van der Waals surface area contributed by atoms with Gasteiger partial charge in [0.05, 0.1) is 0 Å². The van der Waals surface area contributed by atoms with E-state index in [-0.39, 0.29) is 5.78 Å². The molecule has 1 heterocycles. The molecular weight excluding hydrogens is 404 g/mol. The minimum Gasteiger partial charge on any atom is -0.456 e. The summed E-state index contributed by atoms with van der Waals surface area (Å²) in [7, 11) is 0. The van der Waals surface area contributed by atoms with Gasteiger partial charge in [-0.3, -0.25) is 4.79 Å². The zero-order valence-electron chi connectivity index (χ0n) is 18.0. The highest BCUT2D eigenvalue weighted by Gasteiger charge is 2.14. The molecule has 0 amide bonds. The van der Waals surface area contributed by atoms with E-state index in [9.17, 15) is 4.79 Å². The second-order valence-corrected chi connectivity index (χ2v) is 7.83. The van der Waals surface area contributed by atoms with Crippen molar-refractivity contribution >= 4 is 29.0 Å². The van der Waals surface area contributed by atoms with Crippen LogP contribution in [0.25, 0.3) is 23.2 Å². The van der Waals surface area contributed by atoms with Crippen molar-refractivity contribution in [2.24, 2.45) is 0 Å². The third kappa shape index (κ3) is 4.91. The molecule has 0 bridgehead atoms. The van der Waals surface area contributed by atoms with E-state index in [1.807, 2.05) is 60.7 Å². The van der Waals surface area contributed by atoms with Gasteiger partial charge in [0.25, 0.3) is 0 Å². The lowest BCUT2D eigenvalue weighted by molar-refractivity contribution is -0.110. The maximum Gasteiger partial charge on any atom is 0.178 e. The number of hydrogen-bond acceptors (Lipinski definition) is 2. The Bertz CT molecular complexity index is 1420. The highest BCUT2D eigenvalue weighted by molar-refractivity contribution is 6.01. The predicted molar refractivity (Wildman–Crippen MR) is 135 cm³/mol. The smallest absolute Gasteiger partial charge is 0.178 e. The molecule has 3 aromatic carbocycles. The van der Waals surface area contributed by atoms with Crippen molar-refractivity contribution in [2.75, 3.05) is 0 Å². The number of hydrogen-bond donors (Lipinski definition) is 0. The second kappa shape index (κ2) is 9.37. The summed E-state index contributed by atoms with van der Waals surface area (Å²) in [4.78, 5) is 11.3. The number of carbonyl (C=O) groups excluding carboxylic acids is 1. The molecule has 1 aliphatic carbocycles. The summed E-state index contributed by atoms with van der Waals surface area (Å²) in [5.41, 5.74) is 4.30. The van der Waals surface area contributed by atoms with Crippen molar-refractivity contribution in [1.29, 1.82) is 0 Å². The van der Waals surface area contributed by atoms with Gasteiger partial charge in [-0.05, 0) is 46.2 Å². The van der Waals surface area contributed by atoms with Gasteiger partial charge < -0.3 is 4.74 Å². The van der Waals surface area contributed by atoms with E-state index in [1.165, 1.54) is 0 Å². The van der Waals surface area contributed by atoms with Gasteiger partial charge in [0.1, 0.15) is 11.5 Å². The Kier molecular flexibility index (Phi) is 5.81. The monoisotopic (exact) mass is 426 g/mol. The van der Waals surface area contributed by atoms with Gasteiger partial charge in [-0.15, -0.1) is 0 Å². The van der Waals surface area contributed by atoms with Crippen molar-refractivity contribution in [1.82, 2.24) is 0 Å². The summed E-state index contributed by atoms with van der Waals surface area (Å²) >= 11 is 0. The topological polar surface area (TPSA) is 26.3 Å². The van der Waals surface area contributed by atoms with Crippen LogP contribution in [0.3, 0.4) is 0 Å². The van der Waals surface area contributed by atoms with E-state index in [0.717, 1.165) is 44.2 Å². The van der Waals surface area contributed by atoms with Gasteiger partial charge in [-0.25, -0.2) is 0 Å². The zero-order valence-corrected chi connectivity index (χ0v) is 18.0. The third-order valence-corrected chi connectivity index (χ3v) is 5.50. The molecule has 1 aliphatic heterocycles. The van der Waals surface area contributed by atoms with E-state index in [0.29, 0.717) is 0 Å². The van der Waals surface area contributed by atoms with Crippen molar-refractivity contribution in [3.63, 3.8) is 0 Å². The second-order valence-electron chi connectivity index (χ2n) is 7.83. The molecule has 0 fully saturated rings. The van der Waals surface area contributed by atoms with Crippen LogP contribution < -0.4 is 10.4 Å². The lowest BCUT2D eigenvalue weighted by Crippen LogP contribution is -2.13. The largest absolute Gasteiger partial charge is 0.456 e. The number of ether oxygens (including phenoxy) is 1. The van der Waals surface area contributed by atoms with Crippen molar-refractivity contribution in [2.45, 2.75) is 0 Å². The number of carbonyl (C=O) groups is 1. The maximum atomic E-state index is 11.3. The summed E-state index contributed by atoms with van der Waals surface area (Å²) in [6.45, 7) is 0. The van der Waals surface area contributed by atoms with E-state index >= 15 is 0 Å². The Morgan fingerprint density at radius 3 is 1.91 bits per heavy atom. The predicted octanol–water partition coefficient (Wildman–Crippen LogP) is 5.35. The highest BCUT2D eigenvalue weighted by Crippen LogP contribution is 2.31. The fourth-order valence-electron chi connectivity index (χ4n) is 3.72. The molecule has 0 spiro atoms. The molecule has 5 rings (SSSR count). The number of benzene rings is 3. The maximum absolute atomic E-state index is 11.3. The first-order valence-corrected chi connectivity index (χ1v) is 10.9. The Balaban J connectivity index is 1.53. The van der Waals surface area contributed by atoms with Crippen LogP contribution in [-0.2, 0) is 9.53 Å². The average molecular weight is 427 g/mol. The molecule has 2 heteroatoms. The molecule has 0 radical (unpaired) electrons. The molecule has 0 atom stereocenters. The third-order valence-electron chi connectivity index (χ3n) is 5.50. The van der Waals surface area contributed by atoms with Gasteiger partial charge in [-0.2, -0.15) is 0 Å². The number of rotatable bonds is 3. The average Bonchev–Trinajstić information content (AvgIpc) is 2.89. The molecule has 2 aliphatic rings. The van der Waals surface area contributed by atoms with Crippen molar-refractivity contribution in [3.05, 3.63) is 155 Å². The van der Waals surface area contributed by atoms with Crippen LogP contribution in [0.4, 0.5) is 0 Å². The Hall–Kier alpha value is -4.43. The Labute approximate surface area is 193 Å². The Morgan fingerprint density at radius 1 is 0.606 bits per heavy atom. The van der Waals surface area contributed by atoms with E-state index in [4.69, 9.17) is 4.74 Å². The molecule has 0 saturated heterocycles. The molecule has 33 heavy (non-hydrogen) atoms. The lowest BCUT2D eigenvalue weighted by Gasteiger charge is -2.18. The molecule has 2 nitrogen and oxygen atoms in total. The van der Waals surface area contributed by atoms with Crippen LogP contribution >= 0.6 is 0 Å². The van der Waals surface area contributed by atoms with Crippen LogP contribution in [0.15, 0.2) is 133 Å². The molecule has 0 N–H and O–H groups in total. The highest BCUT2D eigenvalue weighted by atomic mass is 16.5. The van der Waals surface area contributed by atoms with Crippen LogP contribution in [0.2, 0.25) is 0 Å². The lowest BCUT2D eigenvalue weighted by atomic mass is 10.00. The fraction of sp³-hybridized carbons (Fsp3) is 0. The van der Waals surface area contributed by atoms with Gasteiger partial charge in [0.2, 0.25) is 0 Å². The summed E-state index contributed by atoms with van der Waals surface area (Å²) in [6.07, 6.45) is 15.0. The minimum absolute atomic E-state index is 0.0212. The van der Waals surface area contributed by atoms with E-state index < -0.39 is 0 Å². The SMILES string of the molecule is O=C1C=CC(=CC=c2ccc(=C3C=C(c4ccccc4)C=C(c4ccccc4)O3)cc2)C=C1. The van der Waals surface area contributed by atoms with E-state index in [2.05, 4.69) is 60.7 Å². The zero-order chi connectivity index (χ0) is 22.5. The minimum atomic E-state index is 0.0212. The first-order valence-electron chi connectivity index (χ1n) is 10.9. The normalized spacial score (nSPS) is 15.0. The van der Waals surface area contributed by atoms with Crippen molar-refractivity contribution in [3.8, 4) is 0 Å². The van der Waals surface area contributed by atoms with Crippen LogP contribution in [0.5, 0.6) is 0 Å². The van der Waals surface area contributed by atoms with Crippen molar-refractivity contribution < 1.29 is 9.53 Å². The number of allylic oxidation sites excluding steroid dienone is 8. The van der Waals surface area contributed by atoms with E-state index in [1.54, 1.807) is 12.2 Å². The summed E-state index contributed by atoms with van der Waals surface area (Å²) < 4.78 is 6.34. The van der Waals surface area contributed by atoms with Crippen LogP contribution in [0.1, 0.15) is 11.1 Å². The molecular formula is C31H22O2. The molecule has 0 unspecified atom stereocenters. The van der Waals surface area contributed by atoms with Crippen LogP contribution in [-0.4, -0.2) is 5.78 Å². The standard InChI is InChI=1S/C31H22O2/c32-29-19-15-24(16-20-29)12-11-23-13-17-27(18-14-23)31-22-28(25-7-3-1-4-8-25)21-30(33-31)26-9-5-2-6-10-26/h1-22H. The summed E-state index contributed by atoms with van der Waals surface area (Å²) in [6, 6.07) is 28.8. The van der Waals surface area contributed by atoms with Gasteiger partial charge >= 0.3 is 0 Å². The molecule has 158 valence electrons. The summed E-state index contributed by atoms with van der Waals surface area (Å²) in [5.74, 6) is 1.67. The summed E-state index contributed by atoms with van der Waals surface area (Å²) in [5, 5.41) is 2.09. The van der Waals surface area contributed by atoms with Crippen LogP contribution in [0, 0.1) is 0 Å². The quantitative estimate of drug-likeness (QED) is 0.564. The number of ketones is 1. The molecule has 0 aromatic heterocycles. The first-order chi connectivity index (χ1) is 16.2. The molecule has 0 saturated carbocycles. The van der Waals surface area contributed by atoms with Gasteiger partial charge in [0.15, 0.2) is 5.78 Å².